The van der Waals surface area contributed by atoms with Gasteiger partial charge in [-0.3, -0.25) is 0 Å². The van der Waals surface area contributed by atoms with E-state index in [2.05, 4.69) is 48.9 Å². The number of nitrogens with one attached hydrogen (secondary N) is 2. The molecule has 0 saturated carbocycles. The molecule has 2 unspecified atom stereocenters. The highest BCUT2D eigenvalue weighted by molar-refractivity contribution is 5.24. The lowest BCUT2D eigenvalue weighted by atomic mass is 9.87. The van der Waals surface area contributed by atoms with Crippen molar-refractivity contribution in [3.05, 3.63) is 35.4 Å². The van der Waals surface area contributed by atoms with Crippen molar-refractivity contribution in [3.63, 3.8) is 0 Å². The minimum absolute atomic E-state index is 0.494. The van der Waals surface area contributed by atoms with Gasteiger partial charge in [0.05, 0.1) is 0 Å². The van der Waals surface area contributed by atoms with Crippen LogP contribution in [0.15, 0.2) is 24.3 Å². The van der Waals surface area contributed by atoms with Crippen LogP contribution in [0.5, 0.6) is 0 Å². The Labute approximate surface area is 98.4 Å². The van der Waals surface area contributed by atoms with Crippen LogP contribution in [-0.4, -0.2) is 20.1 Å². The van der Waals surface area contributed by atoms with Crippen molar-refractivity contribution in [1.82, 2.24) is 10.6 Å². The van der Waals surface area contributed by atoms with Gasteiger partial charge in [-0.05, 0) is 51.4 Å². The van der Waals surface area contributed by atoms with Crippen LogP contribution in [0.25, 0.3) is 0 Å². The second kappa shape index (κ2) is 5.46. The molecule has 88 valence electrons. The zero-order chi connectivity index (χ0) is 11.4. The van der Waals surface area contributed by atoms with E-state index in [1.807, 2.05) is 0 Å². The quantitative estimate of drug-likeness (QED) is 0.813. The Morgan fingerprint density at radius 2 is 2.06 bits per heavy atom. The molecule has 0 aliphatic carbocycles. The summed E-state index contributed by atoms with van der Waals surface area (Å²) in [5.74, 6) is 0.724. The van der Waals surface area contributed by atoms with E-state index in [4.69, 9.17) is 0 Å². The van der Waals surface area contributed by atoms with Crippen LogP contribution in [0, 0.1) is 12.8 Å². The maximum absolute atomic E-state index is 3.49. The lowest BCUT2D eigenvalue weighted by Gasteiger charge is -2.31. The number of aryl methyl sites for hydroxylation is 1. The maximum Gasteiger partial charge on any atom is 0.0358 e. The highest BCUT2D eigenvalue weighted by Gasteiger charge is 2.23. The van der Waals surface area contributed by atoms with E-state index < -0.39 is 0 Å². The normalized spacial score (nSPS) is 23.0. The first kappa shape index (κ1) is 11.6. The van der Waals surface area contributed by atoms with Crippen molar-refractivity contribution in [1.29, 1.82) is 0 Å². The van der Waals surface area contributed by atoms with E-state index in [0.29, 0.717) is 6.04 Å². The zero-order valence-corrected chi connectivity index (χ0v) is 10.3. The zero-order valence-electron chi connectivity index (χ0n) is 10.3. The minimum atomic E-state index is 0.494. The van der Waals surface area contributed by atoms with Gasteiger partial charge < -0.3 is 10.6 Å². The molecule has 1 aliphatic heterocycles. The Morgan fingerprint density at radius 1 is 1.31 bits per heavy atom. The second-order valence-corrected chi connectivity index (χ2v) is 4.78. The van der Waals surface area contributed by atoms with Crippen LogP contribution in [0.1, 0.15) is 30.0 Å². The van der Waals surface area contributed by atoms with Crippen LogP contribution in [0.4, 0.5) is 0 Å². The van der Waals surface area contributed by atoms with Gasteiger partial charge in [0.25, 0.3) is 0 Å². The molecule has 2 N–H and O–H groups in total. The molecule has 0 aromatic heterocycles. The molecular formula is C14H22N2. The SMILES string of the molecule is CNC(c1ccc(C)cc1)C1CCCNC1. The van der Waals surface area contributed by atoms with Gasteiger partial charge in [-0.1, -0.05) is 29.8 Å². The molecule has 2 rings (SSSR count). The molecular weight excluding hydrogens is 196 g/mol. The van der Waals surface area contributed by atoms with E-state index in [1.165, 1.54) is 30.5 Å². The highest BCUT2D eigenvalue weighted by atomic mass is 14.9. The van der Waals surface area contributed by atoms with Gasteiger partial charge in [-0.15, -0.1) is 0 Å². The van der Waals surface area contributed by atoms with Crippen LogP contribution >= 0.6 is 0 Å². The third-order valence-corrected chi connectivity index (χ3v) is 3.55. The summed E-state index contributed by atoms with van der Waals surface area (Å²) in [7, 11) is 2.07. The summed E-state index contributed by atoms with van der Waals surface area (Å²) >= 11 is 0. The molecule has 1 heterocycles. The predicted octanol–water partition coefficient (Wildman–Crippen LogP) is 2.26. The number of hydrogen-bond donors (Lipinski definition) is 2. The topological polar surface area (TPSA) is 24.1 Å². The van der Waals surface area contributed by atoms with Crippen molar-refractivity contribution < 1.29 is 0 Å². The number of rotatable bonds is 3. The van der Waals surface area contributed by atoms with E-state index in [1.54, 1.807) is 0 Å². The Bertz CT molecular complexity index is 312. The van der Waals surface area contributed by atoms with E-state index in [-0.39, 0.29) is 0 Å². The molecule has 0 radical (unpaired) electrons. The Kier molecular flexibility index (Phi) is 3.97. The molecule has 1 saturated heterocycles. The Hall–Kier alpha value is -0.860. The summed E-state index contributed by atoms with van der Waals surface area (Å²) in [6, 6.07) is 9.41. The van der Waals surface area contributed by atoms with Crippen molar-refractivity contribution in [3.8, 4) is 0 Å². The average molecular weight is 218 g/mol. The van der Waals surface area contributed by atoms with Gasteiger partial charge in [-0.25, -0.2) is 0 Å². The standard InChI is InChI=1S/C14H22N2/c1-11-5-7-12(8-6-11)14(15-2)13-4-3-9-16-10-13/h5-8,13-16H,3-4,9-10H2,1-2H3. The lowest BCUT2D eigenvalue weighted by Crippen LogP contribution is -2.37. The van der Waals surface area contributed by atoms with Crippen LogP contribution in [0.2, 0.25) is 0 Å². The largest absolute Gasteiger partial charge is 0.316 e. The van der Waals surface area contributed by atoms with Gasteiger partial charge in [-0.2, -0.15) is 0 Å². The van der Waals surface area contributed by atoms with Gasteiger partial charge >= 0.3 is 0 Å². The molecule has 1 fully saturated rings. The van der Waals surface area contributed by atoms with E-state index >= 15 is 0 Å². The Morgan fingerprint density at radius 3 is 2.62 bits per heavy atom. The summed E-state index contributed by atoms with van der Waals surface area (Å²) in [6.07, 6.45) is 2.63. The molecule has 2 heteroatoms. The molecule has 1 aromatic carbocycles. The molecule has 2 atom stereocenters. The molecule has 16 heavy (non-hydrogen) atoms. The summed E-state index contributed by atoms with van der Waals surface area (Å²) in [5, 5.41) is 6.96. The molecule has 2 nitrogen and oxygen atoms in total. The first-order valence-electron chi connectivity index (χ1n) is 6.26. The van der Waals surface area contributed by atoms with Crippen molar-refractivity contribution in [2.75, 3.05) is 20.1 Å². The van der Waals surface area contributed by atoms with Crippen LogP contribution in [-0.2, 0) is 0 Å². The third kappa shape index (κ3) is 2.63. The molecule has 0 bridgehead atoms. The van der Waals surface area contributed by atoms with Gasteiger partial charge in [0.15, 0.2) is 0 Å². The fourth-order valence-corrected chi connectivity index (χ4v) is 2.61. The third-order valence-electron chi connectivity index (χ3n) is 3.55. The van der Waals surface area contributed by atoms with Crippen molar-refractivity contribution in [2.24, 2.45) is 5.92 Å². The maximum atomic E-state index is 3.49. The van der Waals surface area contributed by atoms with E-state index in [9.17, 15) is 0 Å². The summed E-state index contributed by atoms with van der Waals surface area (Å²) in [4.78, 5) is 0. The Balaban J connectivity index is 2.11. The molecule has 1 aliphatic rings. The number of benzene rings is 1. The lowest BCUT2D eigenvalue weighted by molar-refractivity contribution is 0.298. The summed E-state index contributed by atoms with van der Waals surface area (Å²) in [6.45, 7) is 4.46. The predicted molar refractivity (Wildman–Crippen MR) is 68.6 cm³/mol. The van der Waals surface area contributed by atoms with Crippen molar-refractivity contribution in [2.45, 2.75) is 25.8 Å². The van der Waals surface area contributed by atoms with Crippen molar-refractivity contribution >= 4 is 0 Å². The van der Waals surface area contributed by atoms with Crippen LogP contribution in [0.3, 0.4) is 0 Å². The highest BCUT2D eigenvalue weighted by Crippen LogP contribution is 2.26. The smallest absolute Gasteiger partial charge is 0.0358 e. The molecule has 0 spiro atoms. The summed E-state index contributed by atoms with van der Waals surface area (Å²) in [5.41, 5.74) is 2.75. The average Bonchev–Trinajstić information content (AvgIpc) is 2.34. The minimum Gasteiger partial charge on any atom is -0.316 e. The monoisotopic (exact) mass is 218 g/mol. The van der Waals surface area contributed by atoms with Gasteiger partial charge in [0.1, 0.15) is 0 Å². The summed E-state index contributed by atoms with van der Waals surface area (Å²) < 4.78 is 0. The molecule has 0 amide bonds. The fraction of sp³-hybridized carbons (Fsp3) is 0.571. The first-order valence-corrected chi connectivity index (χ1v) is 6.26. The molecule has 1 aromatic rings. The number of piperidine rings is 1. The second-order valence-electron chi connectivity index (χ2n) is 4.78. The van der Waals surface area contributed by atoms with E-state index in [0.717, 1.165) is 12.5 Å². The first-order chi connectivity index (χ1) is 7.81. The van der Waals surface area contributed by atoms with Gasteiger partial charge in [0.2, 0.25) is 0 Å². The van der Waals surface area contributed by atoms with Crippen LogP contribution < -0.4 is 10.6 Å². The number of hydrogen-bond acceptors (Lipinski definition) is 2. The van der Waals surface area contributed by atoms with Gasteiger partial charge in [0, 0.05) is 6.04 Å². The fourth-order valence-electron chi connectivity index (χ4n) is 2.61.